The Bertz CT molecular complexity index is 264. The van der Waals surface area contributed by atoms with Gasteiger partial charge in [-0.15, -0.1) is 0 Å². The summed E-state index contributed by atoms with van der Waals surface area (Å²) in [5.74, 6) is -1.02. The van der Waals surface area contributed by atoms with Gasteiger partial charge in [0.2, 0.25) is 11.8 Å². The number of rotatable bonds is 1. The summed E-state index contributed by atoms with van der Waals surface area (Å²) < 4.78 is 0.954. The van der Waals surface area contributed by atoms with Crippen molar-refractivity contribution in [3.63, 3.8) is 0 Å². The van der Waals surface area contributed by atoms with Gasteiger partial charge in [0.15, 0.2) is 5.75 Å². The molecule has 0 aliphatic heterocycles. The van der Waals surface area contributed by atoms with Crippen LogP contribution in [0.5, 0.6) is 17.5 Å². The van der Waals surface area contributed by atoms with E-state index >= 15 is 0 Å². The van der Waals surface area contributed by atoms with Gasteiger partial charge in [0.05, 0.1) is 0 Å². The van der Waals surface area contributed by atoms with Gasteiger partial charge in [-0.25, -0.2) is 0 Å². The lowest BCUT2D eigenvalue weighted by Gasteiger charge is -1.95. The number of hydrogen-bond donors (Lipinski definition) is 3. The minimum atomic E-state index is -0.410. The molecule has 54 valence electrons. The van der Waals surface area contributed by atoms with E-state index in [9.17, 15) is 0 Å². The quantitative estimate of drug-likeness (QED) is 0.539. The standard InChI is InChI=1S/C6H7NO3/c1-2-7-5(9)3-4(8)6(7)10/h2-3,8-10H,1H2. The summed E-state index contributed by atoms with van der Waals surface area (Å²) >= 11 is 0. The Morgan fingerprint density at radius 2 is 2.00 bits per heavy atom. The Kier molecular flexibility index (Phi) is 1.30. The van der Waals surface area contributed by atoms with Gasteiger partial charge in [0.25, 0.3) is 0 Å². The van der Waals surface area contributed by atoms with Crippen molar-refractivity contribution in [3.8, 4) is 17.5 Å². The molecule has 1 aromatic rings. The molecule has 0 atom stereocenters. The molecule has 10 heavy (non-hydrogen) atoms. The van der Waals surface area contributed by atoms with E-state index in [4.69, 9.17) is 15.3 Å². The van der Waals surface area contributed by atoms with Crippen LogP contribution in [0.2, 0.25) is 0 Å². The first-order valence-electron chi connectivity index (χ1n) is 2.61. The van der Waals surface area contributed by atoms with Crippen molar-refractivity contribution in [3.05, 3.63) is 12.6 Å². The summed E-state index contributed by atoms with van der Waals surface area (Å²) in [6, 6.07) is 1.02. The molecule has 0 radical (unpaired) electrons. The first-order chi connectivity index (χ1) is 4.66. The van der Waals surface area contributed by atoms with Gasteiger partial charge in [0, 0.05) is 12.3 Å². The number of aromatic hydroxyl groups is 3. The predicted molar refractivity (Wildman–Crippen MR) is 35.8 cm³/mol. The lowest BCUT2D eigenvalue weighted by atomic mass is 10.6. The number of aromatic nitrogens is 1. The van der Waals surface area contributed by atoms with Crippen molar-refractivity contribution >= 4 is 6.20 Å². The predicted octanol–water partition coefficient (Wildman–Crippen LogP) is 0.705. The van der Waals surface area contributed by atoms with Crippen molar-refractivity contribution in [2.45, 2.75) is 0 Å². The molecule has 0 unspecified atom stereocenters. The third-order valence-electron chi connectivity index (χ3n) is 1.15. The third kappa shape index (κ3) is 0.699. The first-order valence-corrected chi connectivity index (χ1v) is 2.61. The molecule has 0 saturated heterocycles. The summed E-state index contributed by atoms with van der Waals surface area (Å²) in [5, 5.41) is 26.6. The SMILES string of the molecule is C=Cn1c(O)cc(O)c1O. The van der Waals surface area contributed by atoms with Crippen LogP contribution in [0.3, 0.4) is 0 Å². The summed E-state index contributed by atoms with van der Waals surface area (Å²) in [7, 11) is 0. The fraction of sp³-hybridized carbons (Fsp3) is 0. The Morgan fingerprint density at radius 3 is 2.20 bits per heavy atom. The van der Waals surface area contributed by atoms with Gasteiger partial charge in [-0.2, -0.15) is 0 Å². The summed E-state index contributed by atoms with van der Waals surface area (Å²) in [4.78, 5) is 0. The average Bonchev–Trinajstić information content (AvgIpc) is 2.09. The fourth-order valence-corrected chi connectivity index (χ4v) is 0.668. The maximum Gasteiger partial charge on any atom is 0.241 e. The van der Waals surface area contributed by atoms with Gasteiger partial charge in [-0.1, -0.05) is 6.58 Å². The van der Waals surface area contributed by atoms with Crippen LogP contribution in [-0.2, 0) is 0 Å². The Hall–Kier alpha value is -1.58. The second-order valence-corrected chi connectivity index (χ2v) is 1.76. The largest absolute Gasteiger partial charge is 0.503 e. The van der Waals surface area contributed by atoms with Crippen LogP contribution in [0.1, 0.15) is 0 Å². The van der Waals surface area contributed by atoms with Crippen LogP contribution in [0, 0.1) is 0 Å². The highest BCUT2D eigenvalue weighted by Gasteiger charge is 2.08. The van der Waals surface area contributed by atoms with Crippen molar-refractivity contribution in [2.75, 3.05) is 0 Å². The Balaban J connectivity index is 3.33. The highest BCUT2D eigenvalue weighted by molar-refractivity contribution is 5.46. The minimum Gasteiger partial charge on any atom is -0.503 e. The lowest BCUT2D eigenvalue weighted by molar-refractivity contribution is 0.381. The highest BCUT2D eigenvalue weighted by atomic mass is 16.3. The van der Waals surface area contributed by atoms with Crippen LogP contribution in [0.25, 0.3) is 6.20 Å². The second-order valence-electron chi connectivity index (χ2n) is 1.76. The molecule has 0 amide bonds. The van der Waals surface area contributed by atoms with E-state index in [0.717, 1.165) is 10.6 Å². The van der Waals surface area contributed by atoms with Crippen molar-refractivity contribution in [1.82, 2.24) is 4.57 Å². The molecule has 0 bridgehead atoms. The number of nitrogens with zero attached hydrogens (tertiary/aromatic N) is 1. The zero-order valence-corrected chi connectivity index (χ0v) is 5.15. The van der Waals surface area contributed by atoms with Crippen molar-refractivity contribution in [2.24, 2.45) is 0 Å². The first kappa shape index (κ1) is 6.54. The van der Waals surface area contributed by atoms with E-state index in [1.165, 1.54) is 6.20 Å². The molecule has 1 aromatic heterocycles. The van der Waals surface area contributed by atoms with Crippen LogP contribution in [-0.4, -0.2) is 19.9 Å². The molecular weight excluding hydrogens is 134 g/mol. The van der Waals surface area contributed by atoms with Crippen LogP contribution >= 0.6 is 0 Å². The van der Waals surface area contributed by atoms with Crippen molar-refractivity contribution in [1.29, 1.82) is 0 Å². The van der Waals surface area contributed by atoms with Gasteiger partial charge in [-0.3, -0.25) is 4.57 Å². The zero-order valence-electron chi connectivity index (χ0n) is 5.15. The average molecular weight is 141 g/mol. The highest BCUT2D eigenvalue weighted by Crippen LogP contribution is 2.32. The van der Waals surface area contributed by atoms with E-state index in [-0.39, 0.29) is 11.6 Å². The second kappa shape index (κ2) is 1.98. The molecule has 0 aliphatic rings. The molecular formula is C6H7NO3. The van der Waals surface area contributed by atoms with Crippen LogP contribution in [0.15, 0.2) is 12.6 Å². The van der Waals surface area contributed by atoms with Crippen molar-refractivity contribution < 1.29 is 15.3 Å². The van der Waals surface area contributed by atoms with E-state index in [2.05, 4.69) is 6.58 Å². The topological polar surface area (TPSA) is 65.6 Å². The maximum absolute atomic E-state index is 8.90. The molecule has 1 rings (SSSR count). The van der Waals surface area contributed by atoms with Gasteiger partial charge < -0.3 is 15.3 Å². The monoisotopic (exact) mass is 141 g/mol. The maximum atomic E-state index is 8.90. The zero-order chi connectivity index (χ0) is 7.72. The molecule has 0 fully saturated rings. The molecule has 0 aliphatic carbocycles. The Morgan fingerprint density at radius 1 is 1.40 bits per heavy atom. The van der Waals surface area contributed by atoms with E-state index in [1.807, 2.05) is 0 Å². The van der Waals surface area contributed by atoms with E-state index in [0.29, 0.717) is 0 Å². The molecule has 3 N–H and O–H groups in total. The Labute approximate surface area is 57.3 Å². The molecule has 1 heterocycles. The molecule has 0 spiro atoms. The van der Waals surface area contributed by atoms with Crippen LogP contribution in [0.4, 0.5) is 0 Å². The summed E-state index contributed by atoms with van der Waals surface area (Å²) in [6.45, 7) is 3.30. The third-order valence-corrected chi connectivity index (χ3v) is 1.15. The van der Waals surface area contributed by atoms with Gasteiger partial charge >= 0.3 is 0 Å². The molecule has 0 saturated carbocycles. The van der Waals surface area contributed by atoms with E-state index in [1.54, 1.807) is 0 Å². The van der Waals surface area contributed by atoms with Gasteiger partial charge in [-0.05, 0) is 0 Å². The molecule has 4 heteroatoms. The normalized spacial score (nSPS) is 9.60. The number of hydrogen-bond acceptors (Lipinski definition) is 3. The smallest absolute Gasteiger partial charge is 0.241 e. The molecule has 4 nitrogen and oxygen atoms in total. The minimum absolute atomic E-state index is 0.245. The summed E-state index contributed by atoms with van der Waals surface area (Å²) in [6.07, 6.45) is 1.18. The fourth-order valence-electron chi connectivity index (χ4n) is 0.668. The van der Waals surface area contributed by atoms with Crippen LogP contribution < -0.4 is 0 Å². The van der Waals surface area contributed by atoms with Gasteiger partial charge in [0.1, 0.15) is 0 Å². The summed E-state index contributed by atoms with van der Waals surface area (Å²) in [5.41, 5.74) is 0. The van der Waals surface area contributed by atoms with E-state index < -0.39 is 5.88 Å². The molecule has 0 aromatic carbocycles. The lowest BCUT2D eigenvalue weighted by Crippen LogP contribution is -1.80.